The molecule has 0 aliphatic rings. The van der Waals surface area contributed by atoms with Crippen LogP contribution in [0.5, 0.6) is 0 Å². The van der Waals surface area contributed by atoms with Crippen molar-refractivity contribution in [1.82, 2.24) is 4.98 Å². The normalized spacial score (nSPS) is 11.4. The van der Waals surface area contributed by atoms with Crippen molar-refractivity contribution in [3.8, 4) is 11.3 Å². The number of rotatable bonds is 2. The number of carbonyl (C=O) groups is 1. The Balaban J connectivity index is 2.68. The molecule has 0 bridgehead atoms. The van der Waals surface area contributed by atoms with Crippen LogP contribution in [0.1, 0.15) is 15.9 Å². The van der Waals surface area contributed by atoms with Gasteiger partial charge in [0.1, 0.15) is 5.82 Å². The third-order valence-electron chi connectivity index (χ3n) is 2.69. The Morgan fingerprint density at radius 3 is 2.48 bits per heavy atom. The molecular weight excluding hydrogens is 309 g/mol. The number of carboxylic acid groups (broad SMARTS) is 1. The standard InChI is InChI=1S/C13H8ClF3N2O2/c14-9-3-1-6(5-8(9)13(15,16)17)11-7(12(20)21)2-4-10(18)19-11/h1-5H,(H2,18,19)(H,20,21). The van der Waals surface area contributed by atoms with Crippen LogP contribution in [0.25, 0.3) is 11.3 Å². The van der Waals surface area contributed by atoms with Gasteiger partial charge in [0.05, 0.1) is 21.8 Å². The zero-order valence-corrected chi connectivity index (χ0v) is 11.0. The van der Waals surface area contributed by atoms with Crippen LogP contribution < -0.4 is 5.73 Å². The van der Waals surface area contributed by atoms with Gasteiger partial charge in [-0.2, -0.15) is 13.2 Å². The van der Waals surface area contributed by atoms with Crippen LogP contribution in [0.3, 0.4) is 0 Å². The fourth-order valence-corrected chi connectivity index (χ4v) is 1.98. The summed E-state index contributed by atoms with van der Waals surface area (Å²) in [5.41, 5.74) is 3.97. The van der Waals surface area contributed by atoms with Crippen molar-refractivity contribution in [1.29, 1.82) is 0 Å². The second kappa shape index (κ2) is 5.25. The number of aromatic nitrogens is 1. The average Bonchev–Trinajstić information content (AvgIpc) is 2.37. The number of nitrogen functional groups attached to an aromatic ring is 1. The molecule has 0 unspecified atom stereocenters. The third-order valence-corrected chi connectivity index (χ3v) is 3.02. The van der Waals surface area contributed by atoms with E-state index in [1.165, 1.54) is 18.2 Å². The van der Waals surface area contributed by atoms with Crippen molar-refractivity contribution in [2.75, 3.05) is 5.73 Å². The molecule has 0 saturated heterocycles. The molecule has 0 radical (unpaired) electrons. The van der Waals surface area contributed by atoms with Gasteiger partial charge in [0.25, 0.3) is 0 Å². The molecule has 0 saturated carbocycles. The average molecular weight is 317 g/mol. The van der Waals surface area contributed by atoms with Gasteiger partial charge in [-0.3, -0.25) is 0 Å². The summed E-state index contributed by atoms with van der Waals surface area (Å²) in [5, 5.41) is 8.59. The number of halogens is 4. The van der Waals surface area contributed by atoms with Crippen molar-refractivity contribution in [3.05, 3.63) is 46.5 Å². The topological polar surface area (TPSA) is 76.2 Å². The van der Waals surface area contributed by atoms with Crippen molar-refractivity contribution < 1.29 is 23.1 Å². The van der Waals surface area contributed by atoms with Crippen LogP contribution in [0, 0.1) is 0 Å². The van der Waals surface area contributed by atoms with E-state index in [1.807, 2.05) is 0 Å². The molecule has 0 amide bonds. The minimum atomic E-state index is -4.66. The minimum absolute atomic E-state index is 0.00138. The lowest BCUT2D eigenvalue weighted by atomic mass is 10.0. The molecule has 4 nitrogen and oxygen atoms in total. The summed E-state index contributed by atoms with van der Waals surface area (Å²) >= 11 is 5.52. The highest BCUT2D eigenvalue weighted by atomic mass is 35.5. The Bertz CT molecular complexity index is 717. The summed E-state index contributed by atoms with van der Waals surface area (Å²) in [6.45, 7) is 0. The first-order valence-electron chi connectivity index (χ1n) is 5.57. The molecule has 2 rings (SSSR count). The number of nitrogens with two attached hydrogens (primary N) is 1. The van der Waals surface area contributed by atoms with E-state index in [-0.39, 0.29) is 22.6 Å². The van der Waals surface area contributed by atoms with Gasteiger partial charge >= 0.3 is 12.1 Å². The van der Waals surface area contributed by atoms with Crippen LogP contribution >= 0.6 is 11.6 Å². The number of anilines is 1. The van der Waals surface area contributed by atoms with Gasteiger partial charge in [0.2, 0.25) is 0 Å². The summed E-state index contributed by atoms with van der Waals surface area (Å²) in [7, 11) is 0. The fourth-order valence-electron chi connectivity index (χ4n) is 1.76. The van der Waals surface area contributed by atoms with E-state index >= 15 is 0 Å². The molecule has 3 N–H and O–H groups in total. The molecule has 0 aliphatic carbocycles. The monoisotopic (exact) mass is 316 g/mol. The van der Waals surface area contributed by atoms with Crippen LogP contribution in [-0.2, 0) is 6.18 Å². The minimum Gasteiger partial charge on any atom is -0.478 e. The maximum atomic E-state index is 12.8. The van der Waals surface area contributed by atoms with Crippen molar-refractivity contribution >= 4 is 23.4 Å². The Kier molecular flexibility index (Phi) is 3.78. The SMILES string of the molecule is Nc1ccc(C(=O)O)c(-c2ccc(Cl)c(C(F)(F)F)c2)n1. The Hall–Kier alpha value is -2.28. The van der Waals surface area contributed by atoms with Gasteiger partial charge in [0, 0.05) is 5.56 Å². The molecule has 0 aliphatic heterocycles. The lowest BCUT2D eigenvalue weighted by Crippen LogP contribution is -2.08. The van der Waals surface area contributed by atoms with Crippen LogP contribution in [0.15, 0.2) is 30.3 Å². The summed E-state index contributed by atoms with van der Waals surface area (Å²) in [4.78, 5) is 14.9. The van der Waals surface area contributed by atoms with Crippen molar-refractivity contribution in [3.63, 3.8) is 0 Å². The Morgan fingerprint density at radius 2 is 1.90 bits per heavy atom. The first-order chi connectivity index (χ1) is 9.70. The summed E-state index contributed by atoms with van der Waals surface area (Å²) < 4.78 is 38.5. The van der Waals surface area contributed by atoms with Gasteiger partial charge in [0.15, 0.2) is 0 Å². The number of hydrogen-bond donors (Lipinski definition) is 2. The number of pyridine rings is 1. The van der Waals surface area contributed by atoms with Gasteiger partial charge in [-0.15, -0.1) is 0 Å². The van der Waals surface area contributed by atoms with Gasteiger partial charge in [-0.05, 0) is 24.3 Å². The van der Waals surface area contributed by atoms with E-state index in [1.54, 1.807) is 0 Å². The van der Waals surface area contributed by atoms with E-state index in [0.29, 0.717) is 0 Å². The Morgan fingerprint density at radius 1 is 1.24 bits per heavy atom. The lowest BCUT2D eigenvalue weighted by molar-refractivity contribution is -0.137. The first kappa shape index (κ1) is 15.1. The molecule has 0 fully saturated rings. The fraction of sp³-hybridized carbons (Fsp3) is 0.0769. The smallest absolute Gasteiger partial charge is 0.417 e. The van der Waals surface area contributed by atoms with E-state index in [4.69, 9.17) is 22.4 Å². The molecule has 1 aromatic heterocycles. The number of carboxylic acids is 1. The highest BCUT2D eigenvalue weighted by molar-refractivity contribution is 6.31. The number of benzene rings is 1. The number of nitrogens with zero attached hydrogens (tertiary/aromatic N) is 1. The molecule has 0 spiro atoms. The van der Waals surface area contributed by atoms with E-state index in [0.717, 1.165) is 12.1 Å². The number of hydrogen-bond acceptors (Lipinski definition) is 3. The summed E-state index contributed by atoms with van der Waals surface area (Å²) in [6.07, 6.45) is -4.66. The predicted molar refractivity (Wildman–Crippen MR) is 71.1 cm³/mol. The highest BCUT2D eigenvalue weighted by Gasteiger charge is 2.33. The second-order valence-corrected chi connectivity index (χ2v) is 4.54. The third kappa shape index (κ3) is 3.08. The molecule has 1 aromatic carbocycles. The maximum absolute atomic E-state index is 12.8. The van der Waals surface area contributed by atoms with E-state index in [9.17, 15) is 18.0 Å². The van der Waals surface area contributed by atoms with Crippen molar-refractivity contribution in [2.24, 2.45) is 0 Å². The molecule has 21 heavy (non-hydrogen) atoms. The number of aromatic carboxylic acids is 1. The second-order valence-electron chi connectivity index (χ2n) is 4.13. The number of alkyl halides is 3. The van der Waals surface area contributed by atoms with Crippen LogP contribution in [0.2, 0.25) is 5.02 Å². The van der Waals surface area contributed by atoms with Gasteiger partial charge in [-0.25, -0.2) is 9.78 Å². The van der Waals surface area contributed by atoms with Gasteiger partial charge < -0.3 is 10.8 Å². The molecule has 1 heterocycles. The summed E-state index contributed by atoms with van der Waals surface area (Å²) in [6, 6.07) is 5.48. The summed E-state index contributed by atoms with van der Waals surface area (Å²) in [5.74, 6) is -1.32. The molecular formula is C13H8ClF3N2O2. The lowest BCUT2D eigenvalue weighted by Gasteiger charge is -2.12. The van der Waals surface area contributed by atoms with Crippen LogP contribution in [-0.4, -0.2) is 16.1 Å². The predicted octanol–water partition coefficient (Wildman–Crippen LogP) is 3.70. The zero-order valence-electron chi connectivity index (χ0n) is 10.3. The largest absolute Gasteiger partial charge is 0.478 e. The molecule has 0 atom stereocenters. The molecule has 110 valence electrons. The van der Waals surface area contributed by atoms with Crippen LogP contribution in [0.4, 0.5) is 19.0 Å². The maximum Gasteiger partial charge on any atom is 0.417 e. The zero-order chi connectivity index (χ0) is 15.8. The van der Waals surface area contributed by atoms with E-state index < -0.39 is 22.7 Å². The van der Waals surface area contributed by atoms with Gasteiger partial charge in [-0.1, -0.05) is 17.7 Å². The molecule has 2 aromatic rings. The van der Waals surface area contributed by atoms with E-state index in [2.05, 4.69) is 4.98 Å². The van der Waals surface area contributed by atoms with Crippen molar-refractivity contribution in [2.45, 2.75) is 6.18 Å². The highest BCUT2D eigenvalue weighted by Crippen LogP contribution is 2.37. The quantitative estimate of drug-likeness (QED) is 0.885. The molecule has 8 heteroatoms. The Labute approximate surface area is 122 Å². The first-order valence-corrected chi connectivity index (χ1v) is 5.95.